The van der Waals surface area contributed by atoms with Gasteiger partial charge in [0.15, 0.2) is 0 Å². The molecule has 0 amide bonds. The predicted molar refractivity (Wildman–Crippen MR) is 91.2 cm³/mol. The van der Waals surface area contributed by atoms with E-state index in [4.69, 9.17) is 11.6 Å². The average Bonchev–Trinajstić information content (AvgIpc) is 2.84. The Morgan fingerprint density at radius 3 is 2.46 bits per heavy atom. The van der Waals surface area contributed by atoms with Gasteiger partial charge in [-0.05, 0) is 32.4 Å². The fraction of sp³-hybridized carbons (Fsp3) is 0.444. The lowest BCUT2D eigenvalue weighted by atomic mass is 9.92. The summed E-state index contributed by atoms with van der Waals surface area (Å²) in [5.74, 6) is -0.127. The third kappa shape index (κ3) is 2.59. The molecule has 0 saturated heterocycles. The van der Waals surface area contributed by atoms with Crippen LogP contribution in [0.3, 0.4) is 0 Å². The quantitative estimate of drug-likeness (QED) is 0.681. The van der Waals surface area contributed by atoms with Crippen molar-refractivity contribution >= 4 is 28.1 Å². The van der Waals surface area contributed by atoms with Crippen LogP contribution < -0.4 is 4.90 Å². The van der Waals surface area contributed by atoms with Gasteiger partial charge in [0.2, 0.25) is 0 Å². The van der Waals surface area contributed by atoms with Gasteiger partial charge in [-0.2, -0.15) is 13.2 Å². The first-order valence-corrected chi connectivity index (χ1v) is 8.28. The summed E-state index contributed by atoms with van der Waals surface area (Å²) in [5, 5.41) is 10.6. The predicted octanol–water partition coefficient (Wildman–Crippen LogP) is 5.51. The molecule has 1 aliphatic heterocycles. The van der Waals surface area contributed by atoms with Crippen LogP contribution in [0, 0.1) is 0 Å². The summed E-state index contributed by atoms with van der Waals surface area (Å²) in [4.78, 5) is 2.02. The van der Waals surface area contributed by atoms with Crippen molar-refractivity contribution in [2.24, 2.45) is 0 Å². The van der Waals surface area contributed by atoms with E-state index in [1.807, 2.05) is 25.7 Å². The Morgan fingerprint density at radius 2 is 1.92 bits per heavy atom. The van der Waals surface area contributed by atoms with Gasteiger partial charge in [-0.3, -0.25) is 0 Å². The Kier molecular flexibility index (Phi) is 3.91. The largest absolute Gasteiger partial charge is 0.507 e. The number of anilines is 1. The number of fused-ring (bicyclic) bond motifs is 3. The van der Waals surface area contributed by atoms with E-state index >= 15 is 0 Å². The molecule has 0 saturated carbocycles. The van der Waals surface area contributed by atoms with Gasteiger partial charge in [0, 0.05) is 46.4 Å². The van der Waals surface area contributed by atoms with Gasteiger partial charge < -0.3 is 10.0 Å². The first-order valence-electron chi connectivity index (χ1n) is 7.75. The maximum Gasteiger partial charge on any atom is 0.417 e. The second-order valence-electron chi connectivity index (χ2n) is 7.19. The SMILES string of the molecule is CC(C)(C)N1C[C@@H](CCl)c2c1cc(O)c1cccc(C(F)(F)F)c21. The Balaban J connectivity index is 2.43. The first kappa shape index (κ1) is 17.2. The van der Waals surface area contributed by atoms with Crippen molar-refractivity contribution in [1.29, 1.82) is 0 Å². The number of halogens is 4. The summed E-state index contributed by atoms with van der Waals surface area (Å²) in [6.45, 7) is 6.51. The molecule has 1 atom stereocenters. The molecule has 0 aromatic heterocycles. The van der Waals surface area contributed by atoms with Crippen molar-refractivity contribution in [3.63, 3.8) is 0 Å². The van der Waals surface area contributed by atoms with Crippen LogP contribution in [0.25, 0.3) is 10.8 Å². The monoisotopic (exact) mass is 357 g/mol. The summed E-state index contributed by atoms with van der Waals surface area (Å²) in [6, 6.07) is 5.47. The van der Waals surface area contributed by atoms with Crippen LogP contribution in [0.2, 0.25) is 0 Å². The van der Waals surface area contributed by atoms with Crippen LogP contribution in [0.1, 0.15) is 37.8 Å². The molecule has 130 valence electrons. The van der Waals surface area contributed by atoms with E-state index in [-0.39, 0.29) is 33.9 Å². The van der Waals surface area contributed by atoms with Gasteiger partial charge in [-0.1, -0.05) is 12.1 Å². The molecule has 0 fully saturated rings. The molecule has 2 aromatic rings. The standard InChI is InChI=1S/C18H19ClF3NO/c1-17(2,3)23-9-10(8-19)15-13(23)7-14(24)11-5-4-6-12(16(11)15)18(20,21)22/h4-7,10,24H,8-9H2,1-3H3/t10-/m1/s1. The van der Waals surface area contributed by atoms with Gasteiger partial charge in [0.25, 0.3) is 0 Å². The molecule has 1 aliphatic rings. The van der Waals surface area contributed by atoms with E-state index in [1.165, 1.54) is 12.1 Å². The van der Waals surface area contributed by atoms with Crippen LogP contribution in [-0.4, -0.2) is 23.1 Å². The topological polar surface area (TPSA) is 23.5 Å². The Bertz CT molecular complexity index is 795. The van der Waals surface area contributed by atoms with E-state index in [0.717, 1.165) is 6.07 Å². The maximum atomic E-state index is 13.6. The minimum atomic E-state index is -4.49. The molecule has 1 heterocycles. The Morgan fingerprint density at radius 1 is 1.25 bits per heavy atom. The molecule has 0 bridgehead atoms. The number of phenolic OH excluding ortho intramolecular Hbond substituents is 1. The molecule has 24 heavy (non-hydrogen) atoms. The van der Waals surface area contributed by atoms with Crippen molar-refractivity contribution in [1.82, 2.24) is 0 Å². The summed E-state index contributed by atoms with van der Waals surface area (Å²) in [5.41, 5.74) is 0.205. The third-order valence-electron chi connectivity index (χ3n) is 4.56. The van der Waals surface area contributed by atoms with Crippen LogP contribution in [0.15, 0.2) is 24.3 Å². The fourth-order valence-corrected chi connectivity index (χ4v) is 3.76. The molecule has 0 radical (unpaired) electrons. The van der Waals surface area contributed by atoms with E-state index < -0.39 is 11.7 Å². The number of benzene rings is 2. The smallest absolute Gasteiger partial charge is 0.417 e. The molecule has 2 aromatic carbocycles. The molecule has 3 rings (SSSR count). The zero-order valence-corrected chi connectivity index (χ0v) is 14.5. The lowest BCUT2D eigenvalue weighted by Gasteiger charge is -2.35. The maximum absolute atomic E-state index is 13.6. The second kappa shape index (κ2) is 5.45. The van der Waals surface area contributed by atoms with E-state index in [1.54, 1.807) is 6.07 Å². The van der Waals surface area contributed by atoms with Gasteiger partial charge in [-0.25, -0.2) is 0 Å². The molecular weight excluding hydrogens is 339 g/mol. The second-order valence-corrected chi connectivity index (χ2v) is 7.50. The molecule has 1 N–H and O–H groups in total. The van der Waals surface area contributed by atoms with Gasteiger partial charge in [0.05, 0.1) is 5.56 Å². The highest BCUT2D eigenvalue weighted by Gasteiger charge is 2.40. The summed E-state index contributed by atoms with van der Waals surface area (Å²) in [7, 11) is 0. The van der Waals surface area contributed by atoms with Crippen molar-refractivity contribution in [3.8, 4) is 5.75 Å². The highest BCUT2D eigenvalue weighted by atomic mass is 35.5. The number of nitrogens with zero attached hydrogens (tertiary/aromatic N) is 1. The van der Waals surface area contributed by atoms with Crippen LogP contribution in [-0.2, 0) is 6.18 Å². The lowest BCUT2D eigenvalue weighted by molar-refractivity contribution is -0.136. The van der Waals surface area contributed by atoms with Crippen LogP contribution in [0.4, 0.5) is 18.9 Å². The van der Waals surface area contributed by atoms with Crippen LogP contribution >= 0.6 is 11.6 Å². The van der Waals surface area contributed by atoms with E-state index in [9.17, 15) is 18.3 Å². The lowest BCUT2D eigenvalue weighted by Crippen LogP contribution is -2.40. The van der Waals surface area contributed by atoms with Crippen molar-refractivity contribution in [3.05, 3.63) is 35.4 Å². The molecule has 6 heteroatoms. The Labute approximate surface area is 143 Å². The number of rotatable bonds is 1. The first-order chi connectivity index (χ1) is 11.1. The summed E-state index contributed by atoms with van der Waals surface area (Å²) < 4.78 is 40.7. The third-order valence-corrected chi connectivity index (χ3v) is 4.94. The number of hydrogen-bond acceptors (Lipinski definition) is 2. The molecular formula is C18H19ClF3NO. The molecule has 0 aliphatic carbocycles. The van der Waals surface area contributed by atoms with Gasteiger partial charge in [0.1, 0.15) is 5.75 Å². The fourth-order valence-electron chi connectivity index (χ4n) is 3.51. The highest BCUT2D eigenvalue weighted by Crippen LogP contribution is 2.50. The number of phenols is 1. The zero-order chi connectivity index (χ0) is 17.9. The highest BCUT2D eigenvalue weighted by molar-refractivity contribution is 6.19. The minimum Gasteiger partial charge on any atom is -0.507 e. The van der Waals surface area contributed by atoms with Crippen molar-refractivity contribution < 1.29 is 18.3 Å². The average molecular weight is 358 g/mol. The summed E-state index contributed by atoms with van der Waals surface area (Å²) >= 11 is 6.09. The van der Waals surface area contributed by atoms with E-state index in [0.29, 0.717) is 17.8 Å². The summed E-state index contributed by atoms with van der Waals surface area (Å²) in [6.07, 6.45) is -4.49. The van der Waals surface area contributed by atoms with E-state index in [2.05, 4.69) is 0 Å². The Hall–Kier alpha value is -1.62. The normalized spacial score (nSPS) is 18.3. The zero-order valence-electron chi connectivity index (χ0n) is 13.7. The number of hydrogen-bond donors (Lipinski definition) is 1. The molecule has 2 nitrogen and oxygen atoms in total. The number of aromatic hydroxyl groups is 1. The van der Waals surface area contributed by atoms with Gasteiger partial charge in [-0.15, -0.1) is 11.6 Å². The van der Waals surface area contributed by atoms with Gasteiger partial charge >= 0.3 is 6.18 Å². The van der Waals surface area contributed by atoms with Crippen LogP contribution in [0.5, 0.6) is 5.75 Å². The molecule has 0 spiro atoms. The van der Waals surface area contributed by atoms with Crippen molar-refractivity contribution in [2.75, 3.05) is 17.3 Å². The van der Waals surface area contributed by atoms with Crippen molar-refractivity contribution in [2.45, 2.75) is 38.4 Å². The minimum absolute atomic E-state index is 0.0670. The number of alkyl halides is 4. The molecule has 0 unspecified atom stereocenters.